The van der Waals surface area contributed by atoms with Crippen LogP contribution in [0.15, 0.2) is 120 Å². The molecule has 10 nitrogen and oxygen atoms in total. The normalized spacial score (nSPS) is 13.8. The maximum atomic E-state index is 14.0. The molecule has 0 saturated heterocycles. The molecule has 5 aromatic rings. The number of nitrogens with zero attached hydrogens (tertiary/aromatic N) is 4. The third kappa shape index (κ3) is 5.04. The number of hydrogen-bond donors (Lipinski definition) is 3. The number of hydrazone groups is 1. The molecule has 0 saturated carbocycles. The van der Waals surface area contributed by atoms with Crippen LogP contribution < -0.4 is 5.01 Å². The number of amides is 1. The lowest BCUT2D eigenvalue weighted by molar-refractivity contribution is -0.114. The van der Waals surface area contributed by atoms with Gasteiger partial charge in [-0.2, -0.15) is 15.2 Å². The third-order valence-electron chi connectivity index (χ3n) is 6.83. The van der Waals surface area contributed by atoms with Crippen LogP contribution in [0.25, 0.3) is 23.0 Å². The van der Waals surface area contributed by atoms with Crippen molar-refractivity contribution in [2.45, 2.75) is 0 Å². The van der Waals surface area contributed by atoms with E-state index in [1.807, 2.05) is 24.3 Å². The van der Waals surface area contributed by atoms with Gasteiger partial charge in [-0.1, -0.05) is 72.8 Å². The Hall–Kier alpha value is -6.29. The van der Waals surface area contributed by atoms with Crippen LogP contribution in [-0.4, -0.2) is 48.7 Å². The average Bonchev–Trinajstić information content (AvgIpc) is 3.54. The second-order valence-corrected chi connectivity index (χ2v) is 9.56. The average molecular weight is 571 g/mol. The van der Waals surface area contributed by atoms with Crippen molar-refractivity contribution in [3.63, 3.8) is 0 Å². The Kier molecular flexibility index (Phi) is 6.85. The van der Waals surface area contributed by atoms with E-state index in [-0.39, 0.29) is 33.8 Å². The molecule has 0 radical (unpaired) electrons. The molecule has 0 bridgehead atoms. The summed E-state index contributed by atoms with van der Waals surface area (Å²) in [6.07, 6.45) is 1.50. The van der Waals surface area contributed by atoms with Crippen LogP contribution in [0.2, 0.25) is 0 Å². The number of hydrogen-bond acceptors (Lipinski definition) is 6. The first-order chi connectivity index (χ1) is 20.8. The van der Waals surface area contributed by atoms with Gasteiger partial charge in [-0.3, -0.25) is 4.79 Å². The van der Waals surface area contributed by atoms with Crippen molar-refractivity contribution in [2.24, 2.45) is 5.10 Å². The number of aromatic carboxylic acids is 2. The van der Waals surface area contributed by atoms with Crippen molar-refractivity contribution in [1.29, 1.82) is 0 Å². The molecule has 4 aromatic carbocycles. The minimum absolute atomic E-state index is 0.00642. The van der Waals surface area contributed by atoms with Gasteiger partial charge >= 0.3 is 11.9 Å². The monoisotopic (exact) mass is 570 g/mol. The first-order valence-corrected chi connectivity index (χ1v) is 13.1. The van der Waals surface area contributed by atoms with E-state index in [1.54, 1.807) is 54.6 Å². The lowest BCUT2D eigenvalue weighted by Crippen LogP contribution is -2.21. The quantitative estimate of drug-likeness (QED) is 0.220. The smallest absolute Gasteiger partial charge is 0.335 e. The van der Waals surface area contributed by atoms with Gasteiger partial charge in [0.05, 0.1) is 33.6 Å². The number of carbonyl (C=O) groups excluding carboxylic acids is 1. The molecule has 0 fully saturated rings. The molecule has 1 aromatic heterocycles. The van der Waals surface area contributed by atoms with Gasteiger partial charge in [0.25, 0.3) is 5.91 Å². The molecule has 43 heavy (non-hydrogen) atoms. The fourth-order valence-electron chi connectivity index (χ4n) is 4.76. The predicted octanol–water partition coefficient (Wildman–Crippen LogP) is 5.48. The molecule has 6 rings (SSSR count). The minimum Gasteiger partial charge on any atom is -0.493 e. The molecule has 10 heteroatoms. The molecule has 0 aliphatic carbocycles. The number of carboxylic acid groups (broad SMARTS) is 2. The van der Waals surface area contributed by atoms with Crippen LogP contribution >= 0.6 is 0 Å². The van der Waals surface area contributed by atoms with Gasteiger partial charge in [-0.25, -0.2) is 14.3 Å². The van der Waals surface area contributed by atoms with Crippen LogP contribution in [0.1, 0.15) is 31.8 Å². The third-order valence-corrected chi connectivity index (χ3v) is 6.83. The lowest BCUT2D eigenvalue weighted by Gasteiger charge is -2.12. The summed E-state index contributed by atoms with van der Waals surface area (Å²) in [6, 6.07) is 29.9. The van der Waals surface area contributed by atoms with Gasteiger partial charge in [-0.15, -0.1) is 0 Å². The standard InChI is InChI=1S/C33H22N4O6/c38-30-26(28(20-9-3-1-4-10-20)34-36(30)24-15-7-13-22(17-24)32(40)41)19-27-29(21-11-5-2-6-12-21)35-37(31(27)39)25-16-8-14-23(18-25)33(42)43/h1-19,38H,(H,40,41)(H,42,43)/b27-19-. The summed E-state index contributed by atoms with van der Waals surface area (Å²) in [7, 11) is 0. The van der Waals surface area contributed by atoms with Gasteiger partial charge in [0.15, 0.2) is 0 Å². The van der Waals surface area contributed by atoms with Crippen molar-refractivity contribution in [2.75, 3.05) is 5.01 Å². The predicted molar refractivity (Wildman–Crippen MR) is 159 cm³/mol. The van der Waals surface area contributed by atoms with E-state index >= 15 is 0 Å². The lowest BCUT2D eigenvalue weighted by atomic mass is 9.99. The Balaban J connectivity index is 1.55. The van der Waals surface area contributed by atoms with Crippen molar-refractivity contribution in [3.8, 4) is 22.8 Å². The van der Waals surface area contributed by atoms with E-state index in [0.717, 1.165) is 5.01 Å². The van der Waals surface area contributed by atoms with Gasteiger partial charge in [0.1, 0.15) is 11.4 Å². The molecule has 210 valence electrons. The number of aromatic hydroxyl groups is 1. The SMILES string of the molecule is O=C(O)c1cccc(N2N=C(c3ccccc3)/C(=C/c3c(-c4ccccc4)nn(-c4cccc(C(=O)O)c4)c3O)C2=O)c1. The molecule has 2 heterocycles. The number of carbonyl (C=O) groups is 3. The zero-order valence-electron chi connectivity index (χ0n) is 22.3. The van der Waals surface area contributed by atoms with E-state index in [2.05, 4.69) is 10.2 Å². The van der Waals surface area contributed by atoms with Gasteiger partial charge in [0, 0.05) is 11.1 Å². The molecule has 0 unspecified atom stereocenters. The first-order valence-electron chi connectivity index (χ1n) is 13.1. The number of rotatable bonds is 7. The van der Waals surface area contributed by atoms with Gasteiger partial charge in [0.2, 0.25) is 5.88 Å². The van der Waals surface area contributed by atoms with Crippen LogP contribution in [0.5, 0.6) is 5.88 Å². The highest BCUT2D eigenvalue weighted by Crippen LogP contribution is 2.36. The number of carboxylic acids is 2. The summed E-state index contributed by atoms with van der Waals surface area (Å²) in [6.45, 7) is 0. The van der Waals surface area contributed by atoms with Crippen molar-refractivity contribution < 1.29 is 29.7 Å². The van der Waals surface area contributed by atoms with E-state index in [0.29, 0.717) is 28.2 Å². The molecule has 1 aliphatic heterocycles. The second-order valence-electron chi connectivity index (χ2n) is 9.56. The highest BCUT2D eigenvalue weighted by Gasteiger charge is 2.33. The highest BCUT2D eigenvalue weighted by molar-refractivity contribution is 6.37. The Morgan fingerprint density at radius 1 is 0.698 bits per heavy atom. The van der Waals surface area contributed by atoms with Crippen molar-refractivity contribution in [3.05, 3.63) is 137 Å². The number of benzene rings is 4. The second kappa shape index (κ2) is 10.9. The van der Waals surface area contributed by atoms with Crippen LogP contribution in [0.4, 0.5) is 5.69 Å². The van der Waals surface area contributed by atoms with E-state index in [1.165, 1.54) is 41.1 Å². The summed E-state index contributed by atoms with van der Waals surface area (Å²) in [5.41, 5.74) is 2.84. The fraction of sp³-hybridized carbons (Fsp3) is 0. The maximum absolute atomic E-state index is 14.0. The van der Waals surface area contributed by atoms with E-state index in [9.17, 15) is 29.7 Å². The molecule has 1 aliphatic rings. The van der Waals surface area contributed by atoms with Gasteiger partial charge in [-0.05, 0) is 42.5 Å². The molecule has 0 atom stereocenters. The van der Waals surface area contributed by atoms with Crippen LogP contribution in [0.3, 0.4) is 0 Å². The Labute approximate surface area is 244 Å². The maximum Gasteiger partial charge on any atom is 0.335 e. The topological polar surface area (TPSA) is 145 Å². The van der Waals surface area contributed by atoms with Crippen LogP contribution in [0, 0.1) is 0 Å². The fourth-order valence-corrected chi connectivity index (χ4v) is 4.76. The van der Waals surface area contributed by atoms with Gasteiger partial charge < -0.3 is 15.3 Å². The Morgan fingerprint density at radius 2 is 1.26 bits per heavy atom. The Bertz CT molecular complexity index is 1960. The molecule has 3 N–H and O–H groups in total. The molecule has 1 amide bonds. The minimum atomic E-state index is -1.15. The summed E-state index contributed by atoms with van der Waals surface area (Å²) >= 11 is 0. The van der Waals surface area contributed by atoms with Crippen molar-refractivity contribution in [1.82, 2.24) is 9.78 Å². The van der Waals surface area contributed by atoms with E-state index in [4.69, 9.17) is 0 Å². The summed E-state index contributed by atoms with van der Waals surface area (Å²) in [5.74, 6) is -3.14. The van der Waals surface area contributed by atoms with Crippen molar-refractivity contribution >= 4 is 35.3 Å². The molecule has 0 spiro atoms. The summed E-state index contributed by atoms with van der Waals surface area (Å²) in [4.78, 5) is 37.2. The zero-order valence-corrected chi connectivity index (χ0v) is 22.3. The molecular weight excluding hydrogens is 548 g/mol. The summed E-state index contributed by atoms with van der Waals surface area (Å²) < 4.78 is 1.22. The highest BCUT2D eigenvalue weighted by atomic mass is 16.4. The first kappa shape index (κ1) is 26.9. The van der Waals surface area contributed by atoms with Crippen LogP contribution in [-0.2, 0) is 4.79 Å². The Morgan fingerprint density at radius 3 is 1.86 bits per heavy atom. The number of aromatic nitrogens is 2. The van der Waals surface area contributed by atoms with E-state index < -0.39 is 17.8 Å². The number of anilines is 1. The largest absolute Gasteiger partial charge is 0.493 e. The molecular formula is C33H22N4O6. The zero-order chi connectivity index (χ0) is 30.1. The summed E-state index contributed by atoms with van der Waals surface area (Å²) in [5, 5.41) is 40.8.